The van der Waals surface area contributed by atoms with Gasteiger partial charge in [-0.05, 0) is 12.8 Å². The van der Waals surface area contributed by atoms with Crippen LogP contribution in [-0.4, -0.2) is 28.1 Å². The van der Waals surface area contributed by atoms with Gasteiger partial charge in [0.2, 0.25) is 0 Å². The van der Waals surface area contributed by atoms with Crippen molar-refractivity contribution >= 4 is 0 Å². The minimum Gasteiger partial charge on any atom is -0.386 e. The van der Waals surface area contributed by atoms with Gasteiger partial charge in [-0.15, -0.1) is 0 Å². The molecule has 1 aromatic heterocycles. The summed E-state index contributed by atoms with van der Waals surface area (Å²) in [5, 5.41) is 14.2. The van der Waals surface area contributed by atoms with Gasteiger partial charge in [0.25, 0.3) is 0 Å². The van der Waals surface area contributed by atoms with Crippen LogP contribution in [0.25, 0.3) is 0 Å². The van der Waals surface area contributed by atoms with Gasteiger partial charge >= 0.3 is 0 Å². The third-order valence-electron chi connectivity index (χ3n) is 2.56. The van der Waals surface area contributed by atoms with Crippen molar-refractivity contribution in [2.45, 2.75) is 39.5 Å². The molecule has 1 N–H and O–H groups in total. The maximum atomic E-state index is 10.1. The molecule has 0 bridgehead atoms. The van der Waals surface area contributed by atoms with Crippen LogP contribution in [0.3, 0.4) is 0 Å². The van der Waals surface area contributed by atoms with Crippen molar-refractivity contribution in [1.29, 1.82) is 0 Å². The second kappa shape index (κ2) is 5.28. The van der Waals surface area contributed by atoms with E-state index >= 15 is 0 Å². The van der Waals surface area contributed by atoms with Crippen LogP contribution in [0.15, 0.2) is 12.4 Å². The zero-order chi connectivity index (χ0) is 11.4. The molecule has 0 saturated heterocycles. The van der Waals surface area contributed by atoms with Gasteiger partial charge in [-0.1, -0.05) is 13.8 Å². The number of nitrogens with zero attached hydrogens (tertiary/aromatic N) is 2. The Morgan fingerprint density at radius 1 is 1.53 bits per heavy atom. The SMILES string of the molecule is CCn1cc(C(O)C(OC)C(C)C)cn1. The Hall–Kier alpha value is -0.870. The largest absolute Gasteiger partial charge is 0.386 e. The van der Waals surface area contributed by atoms with E-state index in [4.69, 9.17) is 4.74 Å². The van der Waals surface area contributed by atoms with Crippen LogP contribution in [0.2, 0.25) is 0 Å². The molecule has 0 aliphatic carbocycles. The van der Waals surface area contributed by atoms with Crippen molar-refractivity contribution in [3.8, 4) is 0 Å². The number of ether oxygens (including phenoxy) is 1. The van der Waals surface area contributed by atoms with Gasteiger partial charge in [-0.2, -0.15) is 5.10 Å². The lowest BCUT2D eigenvalue weighted by atomic mass is 9.98. The number of aliphatic hydroxyl groups is 1. The van der Waals surface area contributed by atoms with E-state index in [2.05, 4.69) is 5.10 Å². The topological polar surface area (TPSA) is 47.3 Å². The minimum absolute atomic E-state index is 0.181. The van der Waals surface area contributed by atoms with Crippen LogP contribution < -0.4 is 0 Å². The summed E-state index contributed by atoms with van der Waals surface area (Å²) < 4.78 is 7.08. The van der Waals surface area contributed by atoms with Crippen molar-refractivity contribution in [3.05, 3.63) is 18.0 Å². The average molecular weight is 212 g/mol. The maximum absolute atomic E-state index is 10.1. The summed E-state index contributed by atoms with van der Waals surface area (Å²) in [5.41, 5.74) is 0.817. The van der Waals surface area contributed by atoms with Crippen molar-refractivity contribution in [1.82, 2.24) is 9.78 Å². The molecule has 2 unspecified atom stereocenters. The quantitative estimate of drug-likeness (QED) is 0.806. The van der Waals surface area contributed by atoms with Crippen molar-refractivity contribution in [3.63, 3.8) is 0 Å². The lowest BCUT2D eigenvalue weighted by Crippen LogP contribution is -2.26. The van der Waals surface area contributed by atoms with Gasteiger partial charge in [-0.3, -0.25) is 4.68 Å². The van der Waals surface area contributed by atoms with Gasteiger partial charge in [0.05, 0.1) is 12.3 Å². The number of hydrogen-bond acceptors (Lipinski definition) is 3. The fraction of sp³-hybridized carbons (Fsp3) is 0.727. The molecule has 86 valence electrons. The Bertz CT molecular complexity index is 297. The minimum atomic E-state index is -0.602. The van der Waals surface area contributed by atoms with Gasteiger partial charge in [-0.25, -0.2) is 0 Å². The molecule has 15 heavy (non-hydrogen) atoms. The van der Waals surface area contributed by atoms with E-state index in [0.717, 1.165) is 12.1 Å². The summed E-state index contributed by atoms with van der Waals surface area (Å²) >= 11 is 0. The Labute approximate surface area is 90.9 Å². The van der Waals surface area contributed by atoms with E-state index in [-0.39, 0.29) is 12.0 Å². The first kappa shape index (κ1) is 12.2. The first-order valence-electron chi connectivity index (χ1n) is 5.33. The number of hydrogen-bond donors (Lipinski definition) is 1. The standard InChI is InChI=1S/C11H20N2O2/c1-5-13-7-9(6-12-13)10(14)11(15-4)8(2)3/h6-8,10-11,14H,5H2,1-4H3. The summed E-state index contributed by atoms with van der Waals surface area (Å²) in [6.45, 7) is 6.88. The van der Waals surface area contributed by atoms with E-state index in [0.29, 0.717) is 0 Å². The Balaban J connectivity index is 2.77. The lowest BCUT2D eigenvalue weighted by Gasteiger charge is -2.23. The molecular formula is C11H20N2O2. The van der Waals surface area contributed by atoms with E-state index < -0.39 is 6.10 Å². The normalized spacial score (nSPS) is 15.6. The summed E-state index contributed by atoms with van der Waals surface area (Å²) in [5.74, 6) is 0.273. The predicted octanol–water partition coefficient (Wildman–Crippen LogP) is 1.61. The molecule has 0 aliphatic heterocycles. The number of rotatable bonds is 5. The van der Waals surface area contributed by atoms with E-state index in [1.54, 1.807) is 18.0 Å². The summed E-state index contributed by atoms with van der Waals surface area (Å²) in [4.78, 5) is 0. The highest BCUT2D eigenvalue weighted by atomic mass is 16.5. The van der Waals surface area contributed by atoms with E-state index in [1.807, 2.05) is 27.0 Å². The highest BCUT2D eigenvalue weighted by Crippen LogP contribution is 2.23. The first-order chi connectivity index (χ1) is 7.10. The Kier molecular flexibility index (Phi) is 4.29. The summed E-state index contributed by atoms with van der Waals surface area (Å²) in [6, 6.07) is 0. The molecule has 2 atom stereocenters. The zero-order valence-electron chi connectivity index (χ0n) is 9.84. The fourth-order valence-corrected chi connectivity index (χ4v) is 1.66. The van der Waals surface area contributed by atoms with Gasteiger partial charge in [0.15, 0.2) is 0 Å². The average Bonchev–Trinajstić information content (AvgIpc) is 2.66. The van der Waals surface area contributed by atoms with E-state index in [1.165, 1.54) is 0 Å². The first-order valence-corrected chi connectivity index (χ1v) is 5.33. The molecule has 0 aliphatic rings. The molecule has 0 saturated carbocycles. The van der Waals surface area contributed by atoms with Crippen LogP contribution >= 0.6 is 0 Å². The molecular weight excluding hydrogens is 192 g/mol. The summed E-state index contributed by atoms with van der Waals surface area (Å²) in [7, 11) is 1.62. The molecule has 0 amide bonds. The third kappa shape index (κ3) is 2.79. The predicted molar refractivity (Wildman–Crippen MR) is 58.5 cm³/mol. The molecule has 1 heterocycles. The van der Waals surface area contributed by atoms with Crippen molar-refractivity contribution in [2.24, 2.45) is 5.92 Å². The second-order valence-electron chi connectivity index (χ2n) is 4.02. The summed E-state index contributed by atoms with van der Waals surface area (Å²) in [6.07, 6.45) is 2.77. The van der Waals surface area contributed by atoms with Crippen LogP contribution in [0.1, 0.15) is 32.4 Å². The maximum Gasteiger partial charge on any atom is 0.108 e. The highest BCUT2D eigenvalue weighted by Gasteiger charge is 2.24. The van der Waals surface area contributed by atoms with Crippen LogP contribution in [0.5, 0.6) is 0 Å². The molecule has 1 aromatic rings. The Morgan fingerprint density at radius 2 is 2.20 bits per heavy atom. The third-order valence-corrected chi connectivity index (χ3v) is 2.56. The monoisotopic (exact) mass is 212 g/mol. The van der Waals surface area contributed by atoms with Gasteiger partial charge in [0.1, 0.15) is 6.10 Å². The molecule has 0 spiro atoms. The van der Waals surface area contributed by atoms with Crippen molar-refractivity contribution in [2.75, 3.05) is 7.11 Å². The Morgan fingerprint density at radius 3 is 2.60 bits per heavy atom. The van der Waals surface area contributed by atoms with Gasteiger partial charge < -0.3 is 9.84 Å². The molecule has 0 fully saturated rings. The number of aromatic nitrogens is 2. The van der Waals surface area contributed by atoms with Crippen molar-refractivity contribution < 1.29 is 9.84 Å². The van der Waals surface area contributed by atoms with Gasteiger partial charge in [0, 0.05) is 25.4 Å². The molecule has 0 radical (unpaired) electrons. The number of aliphatic hydroxyl groups excluding tert-OH is 1. The molecule has 4 nitrogen and oxygen atoms in total. The second-order valence-corrected chi connectivity index (χ2v) is 4.02. The fourth-order valence-electron chi connectivity index (χ4n) is 1.66. The molecule has 4 heteroatoms. The number of aryl methyl sites for hydroxylation is 1. The molecule has 1 rings (SSSR count). The highest BCUT2D eigenvalue weighted by molar-refractivity contribution is 5.10. The zero-order valence-corrected chi connectivity index (χ0v) is 9.84. The smallest absolute Gasteiger partial charge is 0.108 e. The van der Waals surface area contributed by atoms with Crippen LogP contribution in [0.4, 0.5) is 0 Å². The lowest BCUT2D eigenvalue weighted by molar-refractivity contribution is -0.0391. The van der Waals surface area contributed by atoms with Crippen LogP contribution in [0, 0.1) is 5.92 Å². The van der Waals surface area contributed by atoms with E-state index in [9.17, 15) is 5.11 Å². The van der Waals surface area contributed by atoms with Crippen LogP contribution in [-0.2, 0) is 11.3 Å². The number of methoxy groups -OCH3 is 1. The molecule has 0 aromatic carbocycles.